The fourth-order valence-corrected chi connectivity index (χ4v) is 4.08. The van der Waals surface area contributed by atoms with E-state index in [9.17, 15) is 9.90 Å². The lowest BCUT2D eigenvalue weighted by Gasteiger charge is -2.24. The van der Waals surface area contributed by atoms with Crippen LogP contribution in [0.4, 0.5) is 0 Å². The zero-order valence-electron chi connectivity index (χ0n) is 19.7. The highest BCUT2D eigenvalue weighted by Gasteiger charge is 2.21. The SMILES string of the molecule is CCCCN(CCCC)C(=O)c1ccc(C(c2cccc(O)c2)n2nc(C)cc2C)cc1. The smallest absolute Gasteiger partial charge is 0.253 e. The average Bonchev–Trinajstić information content (AvgIpc) is 3.11. The minimum atomic E-state index is -0.184. The van der Waals surface area contributed by atoms with Gasteiger partial charge in [0.2, 0.25) is 0 Å². The van der Waals surface area contributed by atoms with Gasteiger partial charge >= 0.3 is 0 Å². The Morgan fingerprint density at radius 1 is 0.969 bits per heavy atom. The van der Waals surface area contributed by atoms with Gasteiger partial charge in [0.25, 0.3) is 5.91 Å². The van der Waals surface area contributed by atoms with Gasteiger partial charge < -0.3 is 10.0 Å². The molecule has 2 aromatic carbocycles. The molecule has 1 heterocycles. The third-order valence-electron chi connectivity index (χ3n) is 5.80. The highest BCUT2D eigenvalue weighted by molar-refractivity contribution is 5.94. The number of hydrogen-bond donors (Lipinski definition) is 1. The molecule has 0 aliphatic heterocycles. The number of amides is 1. The standard InChI is InChI=1S/C27H35N3O2/c1-5-7-16-29(17-8-6-2)27(32)23-14-12-22(13-15-23)26(24-10-9-11-25(31)19-24)30-21(4)18-20(3)28-30/h9-15,18-19,26,31H,5-8,16-17H2,1-4H3. The molecule has 0 spiro atoms. The zero-order chi connectivity index (χ0) is 23.1. The van der Waals surface area contributed by atoms with Gasteiger partial charge in [-0.2, -0.15) is 5.10 Å². The van der Waals surface area contributed by atoms with Crippen LogP contribution in [0.15, 0.2) is 54.6 Å². The van der Waals surface area contributed by atoms with Crippen molar-refractivity contribution in [1.82, 2.24) is 14.7 Å². The number of phenols is 1. The Balaban J connectivity index is 1.94. The molecule has 0 radical (unpaired) electrons. The molecule has 5 heteroatoms. The number of benzene rings is 2. The highest BCUT2D eigenvalue weighted by Crippen LogP contribution is 2.30. The molecule has 3 aromatic rings. The van der Waals surface area contributed by atoms with Crippen molar-refractivity contribution < 1.29 is 9.90 Å². The van der Waals surface area contributed by atoms with E-state index in [0.717, 1.165) is 61.3 Å². The lowest BCUT2D eigenvalue weighted by molar-refractivity contribution is 0.0751. The summed E-state index contributed by atoms with van der Waals surface area (Å²) in [6.07, 6.45) is 4.18. The molecular formula is C27H35N3O2. The summed E-state index contributed by atoms with van der Waals surface area (Å²) in [5, 5.41) is 14.8. The van der Waals surface area contributed by atoms with Crippen molar-refractivity contribution in [3.05, 3.63) is 82.7 Å². The average molecular weight is 434 g/mol. The molecule has 0 fully saturated rings. The summed E-state index contributed by atoms with van der Waals surface area (Å²) < 4.78 is 1.98. The normalized spacial score (nSPS) is 12.0. The van der Waals surface area contributed by atoms with Crippen molar-refractivity contribution in [3.8, 4) is 5.75 Å². The number of carbonyl (C=O) groups is 1. The topological polar surface area (TPSA) is 58.4 Å². The number of nitrogens with zero attached hydrogens (tertiary/aromatic N) is 3. The lowest BCUT2D eigenvalue weighted by Crippen LogP contribution is -2.33. The summed E-state index contributed by atoms with van der Waals surface area (Å²) in [4.78, 5) is 15.1. The maximum absolute atomic E-state index is 13.2. The van der Waals surface area contributed by atoms with Crippen LogP contribution in [0.2, 0.25) is 0 Å². The molecule has 1 unspecified atom stereocenters. The summed E-state index contributed by atoms with van der Waals surface area (Å²) >= 11 is 0. The number of unbranched alkanes of at least 4 members (excludes halogenated alkanes) is 2. The van der Waals surface area contributed by atoms with Gasteiger partial charge in [0.1, 0.15) is 11.8 Å². The third-order valence-corrected chi connectivity index (χ3v) is 5.80. The molecule has 1 aromatic heterocycles. The van der Waals surface area contributed by atoms with E-state index >= 15 is 0 Å². The van der Waals surface area contributed by atoms with Crippen LogP contribution in [0.5, 0.6) is 5.75 Å². The van der Waals surface area contributed by atoms with E-state index in [4.69, 9.17) is 5.10 Å². The van der Waals surface area contributed by atoms with Crippen molar-refractivity contribution in [1.29, 1.82) is 0 Å². The number of phenolic OH excluding ortho intramolecular Hbond substituents is 1. The molecule has 0 aliphatic carbocycles. The van der Waals surface area contributed by atoms with Crippen molar-refractivity contribution in [2.45, 2.75) is 59.4 Å². The number of aryl methyl sites for hydroxylation is 2. The van der Waals surface area contributed by atoms with E-state index in [1.165, 1.54) is 0 Å². The lowest BCUT2D eigenvalue weighted by atomic mass is 9.97. The van der Waals surface area contributed by atoms with E-state index in [1.54, 1.807) is 12.1 Å². The summed E-state index contributed by atoms with van der Waals surface area (Å²) in [6.45, 7) is 9.91. The minimum Gasteiger partial charge on any atom is -0.508 e. The summed E-state index contributed by atoms with van der Waals surface area (Å²) in [7, 11) is 0. The highest BCUT2D eigenvalue weighted by atomic mass is 16.3. The quantitative estimate of drug-likeness (QED) is 0.434. The van der Waals surface area contributed by atoms with Crippen LogP contribution < -0.4 is 0 Å². The second-order valence-corrected chi connectivity index (χ2v) is 8.49. The molecule has 0 saturated carbocycles. The first kappa shape index (κ1) is 23.6. The summed E-state index contributed by atoms with van der Waals surface area (Å²) in [6, 6.07) is 17.0. The second kappa shape index (κ2) is 11.0. The Bertz CT molecular complexity index is 1020. The fourth-order valence-electron chi connectivity index (χ4n) is 4.08. The number of carbonyl (C=O) groups excluding carboxylic acids is 1. The van der Waals surface area contributed by atoms with Gasteiger partial charge in [-0.3, -0.25) is 9.48 Å². The first-order chi connectivity index (χ1) is 15.4. The van der Waals surface area contributed by atoms with E-state index < -0.39 is 0 Å². The third kappa shape index (κ3) is 5.58. The van der Waals surface area contributed by atoms with Gasteiger partial charge in [-0.25, -0.2) is 0 Å². The maximum Gasteiger partial charge on any atom is 0.253 e. The first-order valence-electron chi connectivity index (χ1n) is 11.7. The maximum atomic E-state index is 13.2. The molecule has 5 nitrogen and oxygen atoms in total. The van der Waals surface area contributed by atoms with Crippen LogP contribution in [0.25, 0.3) is 0 Å². The van der Waals surface area contributed by atoms with Gasteiger partial charge in [0.15, 0.2) is 0 Å². The molecule has 3 rings (SSSR count). The minimum absolute atomic E-state index is 0.0958. The van der Waals surface area contributed by atoms with Crippen LogP contribution in [-0.4, -0.2) is 38.8 Å². The van der Waals surface area contributed by atoms with Crippen molar-refractivity contribution in [2.24, 2.45) is 0 Å². The Kier molecular flexibility index (Phi) is 8.09. The monoisotopic (exact) mass is 433 g/mol. The number of aromatic hydroxyl groups is 1. The zero-order valence-corrected chi connectivity index (χ0v) is 19.7. The van der Waals surface area contributed by atoms with E-state index in [2.05, 4.69) is 13.8 Å². The van der Waals surface area contributed by atoms with Crippen LogP contribution in [-0.2, 0) is 0 Å². The molecule has 0 aliphatic rings. The van der Waals surface area contributed by atoms with E-state index in [-0.39, 0.29) is 17.7 Å². The molecule has 32 heavy (non-hydrogen) atoms. The van der Waals surface area contributed by atoms with Crippen LogP contribution in [0.3, 0.4) is 0 Å². The fraction of sp³-hybridized carbons (Fsp3) is 0.407. The van der Waals surface area contributed by atoms with E-state index in [1.807, 2.05) is 65.9 Å². The first-order valence-corrected chi connectivity index (χ1v) is 11.7. The van der Waals surface area contributed by atoms with Crippen LogP contribution in [0.1, 0.15) is 78.4 Å². The largest absolute Gasteiger partial charge is 0.508 e. The number of hydrogen-bond acceptors (Lipinski definition) is 3. The van der Waals surface area contributed by atoms with Crippen molar-refractivity contribution in [3.63, 3.8) is 0 Å². The Morgan fingerprint density at radius 2 is 1.62 bits per heavy atom. The Labute approximate surface area is 191 Å². The molecule has 0 bridgehead atoms. The molecule has 1 N–H and O–H groups in total. The van der Waals surface area contributed by atoms with Gasteiger partial charge in [-0.1, -0.05) is 51.0 Å². The molecule has 1 amide bonds. The van der Waals surface area contributed by atoms with Gasteiger partial charge in [0.05, 0.1) is 5.69 Å². The predicted molar refractivity (Wildman–Crippen MR) is 129 cm³/mol. The van der Waals surface area contributed by atoms with E-state index in [0.29, 0.717) is 5.56 Å². The Hall–Kier alpha value is -3.08. The molecule has 0 saturated heterocycles. The Morgan fingerprint density at radius 3 is 2.16 bits per heavy atom. The van der Waals surface area contributed by atoms with Crippen LogP contribution in [0, 0.1) is 13.8 Å². The summed E-state index contributed by atoms with van der Waals surface area (Å²) in [5.74, 6) is 0.321. The van der Waals surface area contributed by atoms with Gasteiger partial charge in [-0.05, 0) is 68.1 Å². The molecule has 1 atom stereocenters. The van der Waals surface area contributed by atoms with Gasteiger partial charge in [0, 0.05) is 24.3 Å². The molecular weight excluding hydrogens is 398 g/mol. The number of rotatable bonds is 10. The predicted octanol–water partition coefficient (Wildman–Crippen LogP) is 5.89. The van der Waals surface area contributed by atoms with Crippen molar-refractivity contribution in [2.75, 3.05) is 13.1 Å². The summed E-state index contributed by atoms with van der Waals surface area (Å²) in [5.41, 5.74) is 4.67. The molecule has 170 valence electrons. The van der Waals surface area contributed by atoms with Crippen LogP contribution >= 0.6 is 0 Å². The van der Waals surface area contributed by atoms with Gasteiger partial charge in [-0.15, -0.1) is 0 Å². The second-order valence-electron chi connectivity index (χ2n) is 8.49. The number of aromatic nitrogens is 2. The van der Waals surface area contributed by atoms with Crippen molar-refractivity contribution >= 4 is 5.91 Å².